The summed E-state index contributed by atoms with van der Waals surface area (Å²) in [4.78, 5) is 11.9. The summed E-state index contributed by atoms with van der Waals surface area (Å²) in [7, 11) is 0. The Hall–Kier alpha value is -0.640. The average Bonchev–Trinajstić information content (AvgIpc) is 1.80. The highest BCUT2D eigenvalue weighted by Crippen LogP contribution is 2.24. The highest BCUT2D eigenvalue weighted by molar-refractivity contribution is 5.79. The lowest BCUT2D eigenvalue weighted by Gasteiger charge is -2.40. The minimum absolute atomic E-state index is 0.0405. The number of nitrogens with zero attached hydrogens (tertiary/aromatic N) is 1. The van der Waals surface area contributed by atoms with Crippen LogP contribution in [0, 0.1) is 0 Å². The van der Waals surface area contributed by atoms with Crippen LogP contribution in [0.15, 0.2) is 0 Å². The van der Waals surface area contributed by atoms with Crippen LogP contribution in [-0.2, 0) is 4.79 Å². The normalized spacial score (nSPS) is 23.8. The van der Waals surface area contributed by atoms with E-state index in [1.165, 1.54) is 0 Å². The Bertz CT molecular complexity index is 154. The van der Waals surface area contributed by atoms with Gasteiger partial charge in [0, 0.05) is 13.1 Å². The second-order valence-electron chi connectivity index (χ2n) is 2.57. The van der Waals surface area contributed by atoms with Gasteiger partial charge in [0.15, 0.2) is 0 Å². The van der Waals surface area contributed by atoms with Gasteiger partial charge in [-0.25, -0.2) is 9.18 Å². The molecule has 0 radical (unpaired) electrons. The summed E-state index contributed by atoms with van der Waals surface area (Å²) in [6, 6.07) is 0. The number of hydrogen-bond donors (Lipinski definition) is 1. The molecule has 0 unspecified atom stereocenters. The van der Waals surface area contributed by atoms with Gasteiger partial charge in [0.2, 0.25) is 5.67 Å². The number of carboxylic acid groups (broad SMARTS) is 1. The summed E-state index contributed by atoms with van der Waals surface area (Å²) in [6.45, 7) is 2.68. The van der Waals surface area contributed by atoms with Crippen molar-refractivity contribution in [1.82, 2.24) is 4.90 Å². The van der Waals surface area contributed by atoms with Crippen LogP contribution in [0.3, 0.4) is 0 Å². The van der Waals surface area contributed by atoms with Gasteiger partial charge in [-0.1, -0.05) is 6.92 Å². The number of hydrogen-bond acceptors (Lipinski definition) is 2. The molecule has 1 heterocycles. The third-order valence-corrected chi connectivity index (χ3v) is 1.78. The van der Waals surface area contributed by atoms with E-state index in [-0.39, 0.29) is 13.1 Å². The van der Waals surface area contributed by atoms with Gasteiger partial charge in [-0.15, -0.1) is 0 Å². The van der Waals surface area contributed by atoms with Crippen LogP contribution >= 0.6 is 0 Å². The Labute approximate surface area is 58.4 Å². The molecule has 1 aliphatic heterocycles. The molecule has 1 rings (SSSR count). The van der Waals surface area contributed by atoms with Gasteiger partial charge in [-0.3, -0.25) is 4.90 Å². The molecule has 10 heavy (non-hydrogen) atoms. The molecule has 0 bridgehead atoms. The minimum Gasteiger partial charge on any atom is -0.479 e. The second-order valence-corrected chi connectivity index (χ2v) is 2.57. The lowest BCUT2D eigenvalue weighted by molar-refractivity contribution is -0.163. The van der Waals surface area contributed by atoms with E-state index < -0.39 is 11.6 Å². The van der Waals surface area contributed by atoms with Crippen LogP contribution < -0.4 is 0 Å². The van der Waals surface area contributed by atoms with Crippen LogP contribution in [0.2, 0.25) is 0 Å². The Morgan fingerprint density at radius 3 is 2.60 bits per heavy atom. The van der Waals surface area contributed by atoms with Crippen LogP contribution in [-0.4, -0.2) is 41.3 Å². The van der Waals surface area contributed by atoms with Crippen molar-refractivity contribution in [2.75, 3.05) is 19.6 Å². The van der Waals surface area contributed by atoms with E-state index in [1.54, 1.807) is 4.90 Å². The minimum atomic E-state index is -1.96. The number of carbonyl (C=O) groups is 1. The van der Waals surface area contributed by atoms with Crippen molar-refractivity contribution in [3.8, 4) is 0 Å². The molecule has 0 aliphatic carbocycles. The predicted molar refractivity (Wildman–Crippen MR) is 33.6 cm³/mol. The molecular formula is C6H10FNO2. The van der Waals surface area contributed by atoms with Gasteiger partial charge >= 0.3 is 5.97 Å². The van der Waals surface area contributed by atoms with Gasteiger partial charge < -0.3 is 5.11 Å². The molecule has 0 saturated carbocycles. The highest BCUT2D eigenvalue weighted by atomic mass is 19.1. The van der Waals surface area contributed by atoms with Crippen molar-refractivity contribution in [3.05, 3.63) is 0 Å². The number of alkyl halides is 1. The zero-order chi connectivity index (χ0) is 7.78. The van der Waals surface area contributed by atoms with Crippen LogP contribution in [0.25, 0.3) is 0 Å². The first-order chi connectivity index (χ1) is 4.58. The Balaban J connectivity index is 2.42. The van der Waals surface area contributed by atoms with Crippen molar-refractivity contribution >= 4 is 5.97 Å². The zero-order valence-electron chi connectivity index (χ0n) is 5.80. The first-order valence-electron chi connectivity index (χ1n) is 3.23. The summed E-state index contributed by atoms with van der Waals surface area (Å²) < 4.78 is 12.8. The molecule has 1 saturated heterocycles. The fourth-order valence-electron chi connectivity index (χ4n) is 1.02. The SMILES string of the molecule is CCN1CC(F)(C(=O)O)C1. The number of aliphatic carboxylic acids is 1. The first kappa shape index (κ1) is 7.47. The molecule has 4 heteroatoms. The van der Waals surface area contributed by atoms with Gasteiger partial charge in [0.1, 0.15) is 0 Å². The lowest BCUT2D eigenvalue weighted by atomic mass is 9.97. The van der Waals surface area contributed by atoms with Crippen molar-refractivity contribution in [2.45, 2.75) is 12.6 Å². The van der Waals surface area contributed by atoms with E-state index in [1.807, 2.05) is 6.92 Å². The Morgan fingerprint density at radius 1 is 1.80 bits per heavy atom. The number of rotatable bonds is 2. The summed E-state index contributed by atoms with van der Waals surface area (Å²) in [5.41, 5.74) is -1.96. The fourth-order valence-corrected chi connectivity index (χ4v) is 1.02. The van der Waals surface area contributed by atoms with Gasteiger partial charge in [-0.2, -0.15) is 0 Å². The molecule has 3 nitrogen and oxygen atoms in total. The average molecular weight is 147 g/mol. The third kappa shape index (κ3) is 0.988. The van der Waals surface area contributed by atoms with Crippen LogP contribution in [0.1, 0.15) is 6.92 Å². The van der Waals surface area contributed by atoms with E-state index in [0.717, 1.165) is 6.54 Å². The van der Waals surface area contributed by atoms with Crippen molar-refractivity contribution in [1.29, 1.82) is 0 Å². The van der Waals surface area contributed by atoms with Crippen molar-refractivity contribution in [3.63, 3.8) is 0 Å². The number of likely N-dealkylation sites (tertiary alicyclic amines) is 1. The molecule has 0 spiro atoms. The van der Waals surface area contributed by atoms with E-state index in [9.17, 15) is 9.18 Å². The molecule has 0 aromatic carbocycles. The largest absolute Gasteiger partial charge is 0.479 e. The topological polar surface area (TPSA) is 40.5 Å². The highest BCUT2D eigenvalue weighted by Gasteiger charge is 2.49. The summed E-state index contributed by atoms with van der Waals surface area (Å²) in [5.74, 6) is -1.34. The van der Waals surface area contributed by atoms with E-state index in [0.29, 0.717) is 0 Å². The number of carboxylic acids is 1. The molecule has 0 amide bonds. The molecule has 0 aromatic rings. The molecule has 1 aliphatic rings. The van der Waals surface area contributed by atoms with Gasteiger partial charge in [0.25, 0.3) is 0 Å². The lowest BCUT2D eigenvalue weighted by Crippen LogP contribution is -2.62. The quantitative estimate of drug-likeness (QED) is 0.602. The second kappa shape index (κ2) is 2.20. The molecule has 1 N–H and O–H groups in total. The molecule has 0 atom stereocenters. The monoisotopic (exact) mass is 147 g/mol. The Kier molecular flexibility index (Phi) is 1.64. The fraction of sp³-hybridized carbons (Fsp3) is 0.833. The number of halogens is 1. The van der Waals surface area contributed by atoms with E-state index in [2.05, 4.69) is 0 Å². The molecule has 0 aromatic heterocycles. The standard InChI is InChI=1S/C6H10FNO2/c1-2-8-3-6(7,4-8)5(9)10/h2-4H2,1H3,(H,9,10). The predicted octanol–water partition coefficient (Wildman–Crippen LogP) is 0.115. The van der Waals surface area contributed by atoms with Crippen LogP contribution in [0.5, 0.6) is 0 Å². The molecular weight excluding hydrogens is 137 g/mol. The summed E-state index contributed by atoms with van der Waals surface area (Å²) in [5, 5.41) is 8.30. The van der Waals surface area contributed by atoms with Crippen molar-refractivity contribution < 1.29 is 14.3 Å². The van der Waals surface area contributed by atoms with E-state index >= 15 is 0 Å². The smallest absolute Gasteiger partial charge is 0.344 e. The Morgan fingerprint density at radius 2 is 2.30 bits per heavy atom. The first-order valence-corrected chi connectivity index (χ1v) is 3.23. The van der Waals surface area contributed by atoms with Crippen molar-refractivity contribution in [2.24, 2.45) is 0 Å². The molecule has 1 fully saturated rings. The maximum absolute atomic E-state index is 12.8. The van der Waals surface area contributed by atoms with Gasteiger partial charge in [0.05, 0.1) is 0 Å². The maximum atomic E-state index is 12.8. The van der Waals surface area contributed by atoms with E-state index in [4.69, 9.17) is 5.11 Å². The summed E-state index contributed by atoms with van der Waals surface area (Å²) in [6.07, 6.45) is 0. The third-order valence-electron chi connectivity index (χ3n) is 1.78. The van der Waals surface area contributed by atoms with Crippen LogP contribution in [0.4, 0.5) is 4.39 Å². The zero-order valence-corrected chi connectivity index (χ0v) is 5.80. The molecule has 58 valence electrons. The maximum Gasteiger partial charge on any atom is 0.344 e. The summed E-state index contributed by atoms with van der Waals surface area (Å²) >= 11 is 0. The van der Waals surface area contributed by atoms with Gasteiger partial charge in [-0.05, 0) is 6.54 Å².